The Kier molecular flexibility index (Phi) is 7.93. The Balaban J connectivity index is 1.34. The van der Waals surface area contributed by atoms with Gasteiger partial charge in [0, 0.05) is 18.8 Å². The third kappa shape index (κ3) is 5.93. The third-order valence-corrected chi connectivity index (χ3v) is 8.72. The Morgan fingerprint density at radius 2 is 1.94 bits per heavy atom. The molecule has 3 aromatic heterocycles. The lowest BCUT2D eigenvalue weighted by atomic mass is 10.1. The number of rotatable bonds is 9. The standard InChI is InChI=1S/C24H31N7O3S2/c1-15-27-23(21(35-15)18-11-13-26-24(29-18)28-16-6-5-12-25-14-16)34-19-9-10-20(30-22(19)33-2)31-36(32)17-7-3-4-8-17/h9-11,13,16-17,25H,3-8,12,14H2,1-2H3,(H,30,31)(H,26,28,29). The molecule has 12 heteroatoms. The summed E-state index contributed by atoms with van der Waals surface area (Å²) in [5.74, 6) is 2.21. The molecule has 3 N–H and O–H groups in total. The summed E-state index contributed by atoms with van der Waals surface area (Å²) in [5, 5.41) is 7.83. The van der Waals surface area contributed by atoms with Crippen molar-refractivity contribution < 1.29 is 13.7 Å². The first-order valence-corrected chi connectivity index (χ1v) is 14.3. The summed E-state index contributed by atoms with van der Waals surface area (Å²) in [5.41, 5.74) is 0.731. The number of hydrogen-bond donors (Lipinski definition) is 3. The van der Waals surface area contributed by atoms with E-state index >= 15 is 0 Å². The van der Waals surface area contributed by atoms with E-state index in [0.717, 1.165) is 67.2 Å². The molecule has 3 aromatic rings. The number of anilines is 2. The van der Waals surface area contributed by atoms with Gasteiger partial charge in [0.25, 0.3) is 5.88 Å². The highest BCUT2D eigenvalue weighted by atomic mass is 32.2. The van der Waals surface area contributed by atoms with Gasteiger partial charge in [0.15, 0.2) is 5.75 Å². The minimum Gasteiger partial charge on any atom is -0.478 e. The highest BCUT2D eigenvalue weighted by Crippen LogP contribution is 2.39. The van der Waals surface area contributed by atoms with Crippen LogP contribution in [0.25, 0.3) is 10.6 Å². The van der Waals surface area contributed by atoms with E-state index in [1.54, 1.807) is 18.3 Å². The number of aryl methyl sites for hydroxylation is 1. The van der Waals surface area contributed by atoms with Crippen molar-refractivity contribution in [3.63, 3.8) is 0 Å². The molecule has 0 bridgehead atoms. The van der Waals surface area contributed by atoms with Crippen molar-refractivity contribution in [2.24, 2.45) is 0 Å². The van der Waals surface area contributed by atoms with Crippen LogP contribution < -0.4 is 24.8 Å². The largest absolute Gasteiger partial charge is 0.478 e. The topological polar surface area (TPSA) is 123 Å². The van der Waals surface area contributed by atoms with E-state index in [0.29, 0.717) is 29.4 Å². The Labute approximate surface area is 217 Å². The number of thiazole rings is 1. The highest BCUT2D eigenvalue weighted by molar-refractivity contribution is 7.87. The number of aromatic nitrogens is 4. The van der Waals surface area contributed by atoms with Crippen LogP contribution in [0.1, 0.15) is 43.5 Å². The Morgan fingerprint density at radius 1 is 1.08 bits per heavy atom. The minimum atomic E-state index is -1.18. The van der Waals surface area contributed by atoms with E-state index in [1.807, 2.05) is 13.0 Å². The van der Waals surface area contributed by atoms with Gasteiger partial charge in [0.1, 0.15) is 21.7 Å². The second-order valence-electron chi connectivity index (χ2n) is 8.93. The predicted octanol–water partition coefficient (Wildman–Crippen LogP) is 4.29. The van der Waals surface area contributed by atoms with Crippen LogP contribution in [0.3, 0.4) is 0 Å². The molecule has 0 spiro atoms. The highest BCUT2D eigenvalue weighted by Gasteiger charge is 2.23. The molecule has 2 atom stereocenters. The van der Waals surface area contributed by atoms with Crippen LogP contribution in [-0.2, 0) is 11.0 Å². The molecule has 2 fully saturated rings. The Hall–Kier alpha value is -2.83. The van der Waals surface area contributed by atoms with Crippen molar-refractivity contribution in [1.82, 2.24) is 25.3 Å². The van der Waals surface area contributed by atoms with E-state index in [9.17, 15) is 4.21 Å². The monoisotopic (exact) mass is 529 g/mol. The lowest BCUT2D eigenvalue weighted by molar-refractivity contribution is 0.361. The summed E-state index contributed by atoms with van der Waals surface area (Å²) in [6.45, 7) is 3.87. The number of nitrogens with zero attached hydrogens (tertiary/aromatic N) is 4. The van der Waals surface area contributed by atoms with Gasteiger partial charge in [-0.15, -0.1) is 11.3 Å². The van der Waals surface area contributed by atoms with E-state index in [1.165, 1.54) is 18.4 Å². The second kappa shape index (κ2) is 11.5. The van der Waals surface area contributed by atoms with Gasteiger partial charge in [-0.3, -0.25) is 4.72 Å². The fourth-order valence-electron chi connectivity index (χ4n) is 4.45. The first-order valence-electron chi connectivity index (χ1n) is 12.3. The van der Waals surface area contributed by atoms with Crippen LogP contribution in [0.15, 0.2) is 24.4 Å². The maximum atomic E-state index is 12.6. The average molecular weight is 530 g/mol. The number of pyridine rings is 1. The molecule has 0 amide bonds. The summed E-state index contributed by atoms with van der Waals surface area (Å²) in [7, 11) is 0.355. The number of piperidine rings is 1. The molecule has 5 rings (SSSR count). The van der Waals surface area contributed by atoms with E-state index < -0.39 is 11.0 Å². The molecule has 1 saturated carbocycles. The number of hydrogen-bond acceptors (Lipinski definition) is 10. The molecular weight excluding hydrogens is 498 g/mol. The molecule has 1 aliphatic heterocycles. The molecule has 36 heavy (non-hydrogen) atoms. The predicted molar refractivity (Wildman–Crippen MR) is 142 cm³/mol. The zero-order valence-corrected chi connectivity index (χ0v) is 22.1. The summed E-state index contributed by atoms with van der Waals surface area (Å²) in [4.78, 5) is 19.0. The van der Waals surface area contributed by atoms with Crippen LogP contribution in [0.2, 0.25) is 0 Å². The smallest absolute Gasteiger partial charge is 0.259 e. The fraction of sp³-hybridized carbons (Fsp3) is 0.500. The van der Waals surface area contributed by atoms with Gasteiger partial charge in [0.2, 0.25) is 11.8 Å². The SMILES string of the molecule is COc1nc(NS(=O)C2CCCC2)ccc1Oc1nc(C)sc1-c1ccnc(NC2CCCNC2)n1. The van der Waals surface area contributed by atoms with Crippen LogP contribution in [0.5, 0.6) is 17.5 Å². The second-order valence-corrected chi connectivity index (χ2v) is 11.6. The molecule has 2 aliphatic rings. The van der Waals surface area contributed by atoms with Crippen LogP contribution >= 0.6 is 11.3 Å². The van der Waals surface area contributed by atoms with E-state index in [4.69, 9.17) is 14.5 Å². The maximum Gasteiger partial charge on any atom is 0.259 e. The summed E-state index contributed by atoms with van der Waals surface area (Å²) in [6, 6.07) is 5.65. The number of nitrogens with one attached hydrogen (secondary N) is 3. The van der Waals surface area contributed by atoms with E-state index in [-0.39, 0.29) is 11.1 Å². The summed E-state index contributed by atoms with van der Waals surface area (Å²) in [6.07, 6.45) is 8.15. The quantitative estimate of drug-likeness (QED) is 0.372. The first kappa shape index (κ1) is 24.8. The van der Waals surface area contributed by atoms with Crippen molar-refractivity contribution in [3.05, 3.63) is 29.4 Å². The van der Waals surface area contributed by atoms with Crippen molar-refractivity contribution in [2.75, 3.05) is 30.2 Å². The minimum absolute atomic E-state index is 0.163. The van der Waals surface area contributed by atoms with Gasteiger partial charge in [-0.25, -0.2) is 19.2 Å². The van der Waals surface area contributed by atoms with Crippen molar-refractivity contribution in [1.29, 1.82) is 0 Å². The number of methoxy groups -OCH3 is 1. The van der Waals surface area contributed by atoms with Gasteiger partial charge in [-0.05, 0) is 57.4 Å². The molecule has 1 aliphatic carbocycles. The molecule has 0 aromatic carbocycles. The summed E-state index contributed by atoms with van der Waals surface area (Å²) >= 11 is 1.50. The summed E-state index contributed by atoms with van der Waals surface area (Å²) < 4.78 is 27.3. The van der Waals surface area contributed by atoms with Crippen molar-refractivity contribution >= 4 is 34.1 Å². The maximum absolute atomic E-state index is 12.6. The van der Waals surface area contributed by atoms with Gasteiger partial charge in [-0.1, -0.05) is 12.8 Å². The Bertz CT molecular complexity index is 1210. The number of ether oxygens (including phenoxy) is 2. The third-order valence-electron chi connectivity index (χ3n) is 6.26. The fourth-order valence-corrected chi connectivity index (χ4v) is 6.52. The molecule has 10 nitrogen and oxygen atoms in total. The van der Waals surface area contributed by atoms with Gasteiger partial charge >= 0.3 is 0 Å². The van der Waals surface area contributed by atoms with Crippen molar-refractivity contribution in [3.8, 4) is 28.1 Å². The van der Waals surface area contributed by atoms with Crippen molar-refractivity contribution in [2.45, 2.75) is 56.7 Å². The Morgan fingerprint density at radius 3 is 2.72 bits per heavy atom. The van der Waals surface area contributed by atoms with Crippen LogP contribution in [0.4, 0.5) is 11.8 Å². The van der Waals surface area contributed by atoms with Gasteiger partial charge in [0.05, 0.1) is 23.1 Å². The normalized spacial score (nSPS) is 19.1. The molecule has 4 heterocycles. The molecule has 2 unspecified atom stereocenters. The van der Waals surface area contributed by atoms with Crippen LogP contribution in [-0.4, -0.2) is 55.6 Å². The zero-order valence-electron chi connectivity index (χ0n) is 20.5. The van der Waals surface area contributed by atoms with E-state index in [2.05, 4.69) is 30.3 Å². The molecule has 192 valence electrons. The lowest BCUT2D eigenvalue weighted by Gasteiger charge is -2.23. The lowest BCUT2D eigenvalue weighted by Crippen LogP contribution is -2.38. The van der Waals surface area contributed by atoms with Crippen LogP contribution in [0, 0.1) is 6.92 Å². The van der Waals surface area contributed by atoms with Gasteiger partial charge < -0.3 is 20.1 Å². The average Bonchev–Trinajstić information content (AvgIpc) is 3.56. The molecular formula is C24H31N7O3S2. The molecule has 0 radical (unpaired) electrons. The molecule has 1 saturated heterocycles. The first-order chi connectivity index (χ1) is 17.6. The van der Waals surface area contributed by atoms with Gasteiger partial charge in [-0.2, -0.15) is 4.98 Å². The zero-order chi connectivity index (χ0) is 24.9.